The monoisotopic (exact) mass is 460 g/mol. The molecular formula is C20H33N2O8P. The van der Waals surface area contributed by atoms with Gasteiger partial charge in [0.05, 0.1) is 55.9 Å². The molecule has 10 nitrogen and oxygen atoms in total. The molecule has 0 aromatic carbocycles. The van der Waals surface area contributed by atoms with E-state index in [1.807, 2.05) is 46.8 Å². The van der Waals surface area contributed by atoms with Gasteiger partial charge in [-0.25, -0.2) is 4.57 Å². The first kappa shape index (κ1) is 26.2. The van der Waals surface area contributed by atoms with E-state index < -0.39 is 37.7 Å². The average molecular weight is 460 g/mol. The minimum Gasteiger partial charge on any atom is -0.376 e. The molecule has 0 amide bonds. The van der Waals surface area contributed by atoms with E-state index in [4.69, 9.17) is 28.0 Å². The highest BCUT2D eigenvalue weighted by Crippen LogP contribution is 2.52. The van der Waals surface area contributed by atoms with Crippen LogP contribution in [-0.2, 0) is 32.6 Å². The molecule has 2 aliphatic rings. The largest absolute Gasteiger partial charge is 0.472 e. The third kappa shape index (κ3) is 6.47. The maximum absolute atomic E-state index is 12.7. The second-order valence-electron chi connectivity index (χ2n) is 8.53. The molecule has 0 spiro atoms. The molecule has 2 saturated heterocycles. The van der Waals surface area contributed by atoms with E-state index in [0.29, 0.717) is 6.42 Å². The normalized spacial score (nSPS) is 34.5. The van der Waals surface area contributed by atoms with Crippen molar-refractivity contribution in [1.29, 1.82) is 10.5 Å². The lowest BCUT2D eigenvalue weighted by Crippen LogP contribution is -2.41. The lowest BCUT2D eigenvalue weighted by Gasteiger charge is -2.28. The highest BCUT2D eigenvalue weighted by atomic mass is 31.2. The van der Waals surface area contributed by atoms with Crippen LogP contribution in [-0.4, -0.2) is 66.9 Å². The summed E-state index contributed by atoms with van der Waals surface area (Å²) >= 11 is 0. The molecule has 0 bridgehead atoms. The number of phosphoric ester groups is 1. The Bertz CT molecular complexity index is 720. The van der Waals surface area contributed by atoms with Gasteiger partial charge in [0.15, 0.2) is 5.41 Å². The molecule has 176 valence electrons. The molecule has 2 unspecified atom stereocenters. The highest BCUT2D eigenvalue weighted by molar-refractivity contribution is 7.47. The Morgan fingerprint density at radius 1 is 1.10 bits per heavy atom. The molecule has 31 heavy (non-hydrogen) atoms. The molecular weight excluding hydrogens is 427 g/mol. The third-order valence-corrected chi connectivity index (χ3v) is 6.22. The minimum absolute atomic E-state index is 0.00859. The number of hydrogen-bond acceptors (Lipinski definition) is 9. The van der Waals surface area contributed by atoms with E-state index in [-0.39, 0.29) is 37.6 Å². The molecule has 2 aliphatic heterocycles. The van der Waals surface area contributed by atoms with E-state index in [9.17, 15) is 20.0 Å². The number of nitriles is 2. The Balaban J connectivity index is 2.11. The first-order chi connectivity index (χ1) is 14.4. The van der Waals surface area contributed by atoms with E-state index in [1.165, 1.54) is 0 Å². The Hall–Kier alpha value is -1.07. The second-order valence-corrected chi connectivity index (χ2v) is 9.93. The highest BCUT2D eigenvalue weighted by Gasteiger charge is 2.59. The molecule has 11 heteroatoms. The number of phosphoric acid groups is 1. The lowest BCUT2D eigenvalue weighted by atomic mass is 9.81. The number of rotatable bonds is 10. The molecule has 0 aromatic heterocycles. The molecule has 0 aliphatic carbocycles. The van der Waals surface area contributed by atoms with Crippen LogP contribution < -0.4 is 0 Å². The summed E-state index contributed by atoms with van der Waals surface area (Å²) in [6.45, 7) is 10.6. The molecule has 0 saturated carbocycles. The zero-order valence-corrected chi connectivity index (χ0v) is 19.8. The lowest BCUT2D eigenvalue weighted by molar-refractivity contribution is -0.0705. The van der Waals surface area contributed by atoms with Gasteiger partial charge in [-0.1, -0.05) is 0 Å². The van der Waals surface area contributed by atoms with Gasteiger partial charge in [-0.3, -0.25) is 9.05 Å². The van der Waals surface area contributed by atoms with Gasteiger partial charge in [0.1, 0.15) is 18.3 Å². The standard InChI is InChI=1S/C20H33N2O8P/c1-12(2)25-8-18-19(20(10-21,11-22)15(6)29-18)30-31(23,24)26-9-17-16(27-13(3)4)7-14(5)28-17/h12-19H,7-9H2,1-6H3,(H,23,24)/t14-,15-,16+,17?,18+,19-/m0/s1. The van der Waals surface area contributed by atoms with Gasteiger partial charge in [-0.15, -0.1) is 0 Å². The van der Waals surface area contributed by atoms with Crippen molar-refractivity contribution < 1.29 is 37.5 Å². The zero-order chi connectivity index (χ0) is 23.4. The van der Waals surface area contributed by atoms with Gasteiger partial charge >= 0.3 is 7.82 Å². The van der Waals surface area contributed by atoms with Crippen LogP contribution in [0.25, 0.3) is 0 Å². The molecule has 2 fully saturated rings. The van der Waals surface area contributed by atoms with Crippen LogP contribution in [0, 0.1) is 28.1 Å². The third-order valence-electron chi connectivity index (χ3n) is 5.25. The fourth-order valence-corrected chi connectivity index (χ4v) is 4.75. The van der Waals surface area contributed by atoms with Crippen LogP contribution in [0.5, 0.6) is 0 Å². The maximum Gasteiger partial charge on any atom is 0.472 e. The van der Waals surface area contributed by atoms with Crippen molar-refractivity contribution in [2.24, 2.45) is 5.41 Å². The summed E-state index contributed by atoms with van der Waals surface area (Å²) in [5.41, 5.74) is -1.78. The van der Waals surface area contributed by atoms with Gasteiger partial charge in [0.2, 0.25) is 0 Å². The van der Waals surface area contributed by atoms with Crippen molar-refractivity contribution >= 4 is 7.82 Å². The van der Waals surface area contributed by atoms with Crippen molar-refractivity contribution in [3.63, 3.8) is 0 Å². The van der Waals surface area contributed by atoms with E-state index in [1.54, 1.807) is 6.92 Å². The van der Waals surface area contributed by atoms with Crippen LogP contribution in [0.1, 0.15) is 48.0 Å². The first-order valence-corrected chi connectivity index (χ1v) is 12.0. The topological polar surface area (TPSA) is 140 Å². The van der Waals surface area contributed by atoms with E-state index >= 15 is 0 Å². The fraction of sp³-hybridized carbons (Fsp3) is 0.900. The Labute approximate surface area is 183 Å². The molecule has 2 rings (SSSR count). The van der Waals surface area contributed by atoms with Crippen LogP contribution in [0.3, 0.4) is 0 Å². The van der Waals surface area contributed by atoms with Gasteiger partial charge in [0.25, 0.3) is 0 Å². The van der Waals surface area contributed by atoms with Crippen molar-refractivity contribution in [3.8, 4) is 12.1 Å². The number of hydrogen-bond donors (Lipinski definition) is 1. The zero-order valence-electron chi connectivity index (χ0n) is 18.9. The second kappa shape index (κ2) is 10.7. The average Bonchev–Trinajstić information content (AvgIpc) is 3.14. The van der Waals surface area contributed by atoms with Crippen molar-refractivity contribution in [2.75, 3.05) is 13.2 Å². The van der Waals surface area contributed by atoms with Crippen LogP contribution >= 0.6 is 7.82 Å². The number of nitrogens with zero attached hydrogens (tertiary/aromatic N) is 2. The van der Waals surface area contributed by atoms with Crippen molar-refractivity contribution in [1.82, 2.24) is 0 Å². The van der Waals surface area contributed by atoms with Crippen LogP contribution in [0.15, 0.2) is 0 Å². The quantitative estimate of drug-likeness (QED) is 0.484. The van der Waals surface area contributed by atoms with E-state index in [2.05, 4.69) is 0 Å². The van der Waals surface area contributed by atoms with E-state index in [0.717, 1.165) is 0 Å². The summed E-state index contributed by atoms with van der Waals surface area (Å²) in [6, 6.07) is 3.80. The van der Waals surface area contributed by atoms with Gasteiger partial charge < -0.3 is 23.8 Å². The molecule has 0 radical (unpaired) electrons. The van der Waals surface area contributed by atoms with Gasteiger partial charge in [0, 0.05) is 6.42 Å². The van der Waals surface area contributed by atoms with Crippen LogP contribution in [0.4, 0.5) is 0 Å². The van der Waals surface area contributed by atoms with Crippen molar-refractivity contribution in [2.45, 2.75) is 96.8 Å². The van der Waals surface area contributed by atoms with Gasteiger partial charge in [-0.2, -0.15) is 10.5 Å². The summed E-state index contributed by atoms with van der Waals surface area (Å²) in [6.07, 6.45) is -3.53. The Morgan fingerprint density at radius 2 is 1.74 bits per heavy atom. The molecule has 1 N–H and O–H groups in total. The fourth-order valence-electron chi connectivity index (χ4n) is 3.77. The molecule has 0 aromatic rings. The summed E-state index contributed by atoms with van der Waals surface area (Å²) < 4.78 is 46.1. The van der Waals surface area contributed by atoms with Crippen molar-refractivity contribution in [3.05, 3.63) is 0 Å². The Morgan fingerprint density at radius 3 is 2.29 bits per heavy atom. The summed E-state index contributed by atoms with van der Waals surface area (Å²) in [7, 11) is -4.67. The Kier molecular flexibility index (Phi) is 9.04. The SMILES string of the molecule is CC(C)OC[C@H]1O[C@@H](C)C(C#N)(C#N)[C@H]1OP(=O)(O)OCC1O[C@@H](C)C[C@H]1OC(C)C. The predicted octanol–water partition coefficient (Wildman–Crippen LogP) is 2.71. The summed E-state index contributed by atoms with van der Waals surface area (Å²) in [5, 5.41) is 19.4. The number of ether oxygens (including phenoxy) is 4. The maximum atomic E-state index is 12.7. The van der Waals surface area contributed by atoms with Gasteiger partial charge in [-0.05, 0) is 41.5 Å². The smallest absolute Gasteiger partial charge is 0.376 e. The summed E-state index contributed by atoms with van der Waals surface area (Å²) in [5.74, 6) is 0. The van der Waals surface area contributed by atoms with Crippen LogP contribution in [0.2, 0.25) is 0 Å². The minimum atomic E-state index is -4.67. The summed E-state index contributed by atoms with van der Waals surface area (Å²) in [4.78, 5) is 10.4. The molecule has 2 heterocycles. The predicted molar refractivity (Wildman–Crippen MR) is 109 cm³/mol. The first-order valence-electron chi connectivity index (χ1n) is 10.5. The molecule has 7 atom stereocenters.